The van der Waals surface area contributed by atoms with Crippen LogP contribution in [0.25, 0.3) is 0 Å². The fourth-order valence-corrected chi connectivity index (χ4v) is 2.38. The lowest BCUT2D eigenvalue weighted by Gasteiger charge is -2.25. The summed E-state index contributed by atoms with van der Waals surface area (Å²) < 4.78 is 0. The second-order valence-electron chi connectivity index (χ2n) is 5.24. The molecule has 1 nitrogen and oxygen atoms in total. The normalized spacial score (nSPS) is 12.5. The lowest BCUT2D eigenvalue weighted by molar-refractivity contribution is 0.546. The summed E-state index contributed by atoms with van der Waals surface area (Å²) in [5, 5.41) is 4.39. The molecular weight excluding hydrogens is 254 g/mol. The van der Waals surface area contributed by atoms with Gasteiger partial charge in [-0.05, 0) is 36.1 Å². The number of aryl methyl sites for hydroxylation is 1. The van der Waals surface area contributed by atoms with Gasteiger partial charge in [-0.15, -0.1) is 0 Å². The summed E-state index contributed by atoms with van der Waals surface area (Å²) in [6.07, 6.45) is 0. The van der Waals surface area contributed by atoms with Crippen LogP contribution in [0.2, 0.25) is 5.02 Å². The van der Waals surface area contributed by atoms with Gasteiger partial charge < -0.3 is 5.32 Å². The average molecular weight is 274 g/mol. The van der Waals surface area contributed by atoms with Gasteiger partial charge in [-0.25, -0.2) is 0 Å². The van der Waals surface area contributed by atoms with Crippen molar-refractivity contribution in [1.29, 1.82) is 0 Å². The van der Waals surface area contributed by atoms with Crippen molar-refractivity contribution >= 4 is 17.3 Å². The first-order valence-corrected chi connectivity index (χ1v) is 7.03. The fourth-order valence-electron chi connectivity index (χ4n) is 2.21. The standard InChI is InChI=1S/C17H20ClN/c1-12(2)17(14-7-5-4-6-8-14)19-16-11-15(18)10-9-13(16)3/h4-12,17,19H,1-3H3. The minimum Gasteiger partial charge on any atom is -0.378 e. The number of rotatable bonds is 4. The Hall–Kier alpha value is -1.47. The molecule has 0 aliphatic rings. The summed E-state index contributed by atoms with van der Waals surface area (Å²) in [5.41, 5.74) is 3.62. The molecule has 0 fully saturated rings. The molecule has 100 valence electrons. The molecule has 0 amide bonds. The number of benzene rings is 2. The second-order valence-corrected chi connectivity index (χ2v) is 5.67. The van der Waals surface area contributed by atoms with Crippen molar-refractivity contribution in [3.63, 3.8) is 0 Å². The predicted molar refractivity (Wildman–Crippen MR) is 83.8 cm³/mol. The molecule has 0 aliphatic heterocycles. The van der Waals surface area contributed by atoms with E-state index in [1.165, 1.54) is 11.1 Å². The van der Waals surface area contributed by atoms with E-state index in [1.54, 1.807) is 0 Å². The van der Waals surface area contributed by atoms with Crippen molar-refractivity contribution in [3.8, 4) is 0 Å². The van der Waals surface area contributed by atoms with Crippen molar-refractivity contribution in [1.82, 2.24) is 0 Å². The number of anilines is 1. The Morgan fingerprint density at radius 2 is 1.68 bits per heavy atom. The van der Waals surface area contributed by atoms with E-state index in [9.17, 15) is 0 Å². The first-order valence-electron chi connectivity index (χ1n) is 6.65. The van der Waals surface area contributed by atoms with E-state index in [0.717, 1.165) is 10.7 Å². The molecular formula is C17H20ClN. The summed E-state index contributed by atoms with van der Waals surface area (Å²) >= 11 is 6.09. The molecule has 0 spiro atoms. The molecule has 19 heavy (non-hydrogen) atoms. The maximum atomic E-state index is 6.09. The molecule has 0 saturated heterocycles. The highest BCUT2D eigenvalue weighted by atomic mass is 35.5. The topological polar surface area (TPSA) is 12.0 Å². The maximum absolute atomic E-state index is 6.09. The van der Waals surface area contributed by atoms with Crippen LogP contribution in [-0.2, 0) is 0 Å². The van der Waals surface area contributed by atoms with Gasteiger partial charge >= 0.3 is 0 Å². The maximum Gasteiger partial charge on any atom is 0.0536 e. The highest BCUT2D eigenvalue weighted by Crippen LogP contribution is 2.29. The van der Waals surface area contributed by atoms with Gasteiger partial charge in [0.1, 0.15) is 0 Å². The lowest BCUT2D eigenvalue weighted by Crippen LogP contribution is -2.17. The van der Waals surface area contributed by atoms with Gasteiger partial charge in [-0.1, -0.05) is 61.8 Å². The van der Waals surface area contributed by atoms with Crippen LogP contribution in [0.4, 0.5) is 5.69 Å². The van der Waals surface area contributed by atoms with Crippen molar-refractivity contribution in [2.45, 2.75) is 26.8 Å². The summed E-state index contributed by atoms with van der Waals surface area (Å²) in [5.74, 6) is 0.501. The number of nitrogens with one attached hydrogen (secondary N) is 1. The molecule has 1 N–H and O–H groups in total. The SMILES string of the molecule is Cc1ccc(Cl)cc1NC(c1ccccc1)C(C)C. The zero-order chi connectivity index (χ0) is 13.8. The van der Waals surface area contributed by atoms with Gasteiger partial charge in [0.15, 0.2) is 0 Å². The Morgan fingerprint density at radius 1 is 1.00 bits per heavy atom. The van der Waals surface area contributed by atoms with Crippen LogP contribution in [0.3, 0.4) is 0 Å². The Bertz CT molecular complexity index is 534. The van der Waals surface area contributed by atoms with Crippen LogP contribution in [0, 0.1) is 12.8 Å². The minimum atomic E-state index is 0.290. The molecule has 0 aliphatic carbocycles. The molecule has 2 heteroatoms. The van der Waals surface area contributed by atoms with Gasteiger partial charge in [-0.2, -0.15) is 0 Å². The van der Waals surface area contributed by atoms with Crippen molar-refractivity contribution in [2.75, 3.05) is 5.32 Å². The molecule has 0 radical (unpaired) electrons. The zero-order valence-corrected chi connectivity index (χ0v) is 12.4. The number of hydrogen-bond donors (Lipinski definition) is 1. The lowest BCUT2D eigenvalue weighted by atomic mass is 9.95. The van der Waals surface area contributed by atoms with Gasteiger partial charge in [0.25, 0.3) is 0 Å². The zero-order valence-electron chi connectivity index (χ0n) is 11.7. The smallest absolute Gasteiger partial charge is 0.0536 e. The Labute approximate surface area is 120 Å². The third-order valence-electron chi connectivity index (χ3n) is 3.34. The summed E-state index contributed by atoms with van der Waals surface area (Å²) in [4.78, 5) is 0. The van der Waals surface area contributed by atoms with Crippen LogP contribution in [0.5, 0.6) is 0 Å². The van der Waals surface area contributed by atoms with Crippen molar-refractivity contribution < 1.29 is 0 Å². The predicted octanol–water partition coefficient (Wildman–Crippen LogP) is 5.46. The molecule has 1 atom stereocenters. The summed E-state index contributed by atoms with van der Waals surface area (Å²) in [6.45, 7) is 6.55. The Kier molecular flexibility index (Phi) is 4.49. The van der Waals surface area contributed by atoms with E-state index in [1.807, 2.05) is 24.3 Å². The molecule has 0 heterocycles. The summed E-state index contributed by atoms with van der Waals surface area (Å²) in [7, 11) is 0. The van der Waals surface area contributed by atoms with Gasteiger partial charge in [0.05, 0.1) is 6.04 Å². The van der Waals surface area contributed by atoms with Crippen molar-refractivity contribution in [2.24, 2.45) is 5.92 Å². The van der Waals surface area contributed by atoms with Crippen LogP contribution < -0.4 is 5.32 Å². The molecule has 1 unspecified atom stereocenters. The second kappa shape index (κ2) is 6.12. The molecule has 2 rings (SSSR count). The highest BCUT2D eigenvalue weighted by Gasteiger charge is 2.16. The largest absolute Gasteiger partial charge is 0.378 e. The number of halogens is 1. The molecule has 2 aromatic rings. The summed E-state index contributed by atoms with van der Waals surface area (Å²) in [6, 6.07) is 16.8. The van der Waals surface area contributed by atoms with E-state index < -0.39 is 0 Å². The third-order valence-corrected chi connectivity index (χ3v) is 3.57. The molecule has 2 aromatic carbocycles. The van der Waals surface area contributed by atoms with E-state index in [0.29, 0.717) is 12.0 Å². The van der Waals surface area contributed by atoms with E-state index in [-0.39, 0.29) is 0 Å². The Morgan fingerprint density at radius 3 is 2.32 bits per heavy atom. The average Bonchev–Trinajstić information content (AvgIpc) is 2.40. The third kappa shape index (κ3) is 3.51. The molecule has 0 bridgehead atoms. The first kappa shape index (κ1) is 14.0. The van der Waals surface area contributed by atoms with Crippen LogP contribution in [0.1, 0.15) is 31.0 Å². The van der Waals surface area contributed by atoms with E-state index in [2.05, 4.69) is 50.4 Å². The molecule has 0 aromatic heterocycles. The Balaban J connectivity index is 2.29. The molecule has 0 saturated carbocycles. The number of hydrogen-bond acceptors (Lipinski definition) is 1. The monoisotopic (exact) mass is 273 g/mol. The quantitative estimate of drug-likeness (QED) is 0.780. The minimum absolute atomic E-state index is 0.290. The fraction of sp³-hybridized carbons (Fsp3) is 0.294. The van der Waals surface area contributed by atoms with Crippen LogP contribution in [-0.4, -0.2) is 0 Å². The van der Waals surface area contributed by atoms with Gasteiger partial charge in [-0.3, -0.25) is 0 Å². The van der Waals surface area contributed by atoms with Crippen molar-refractivity contribution in [3.05, 3.63) is 64.7 Å². The van der Waals surface area contributed by atoms with Gasteiger partial charge in [0, 0.05) is 10.7 Å². The van der Waals surface area contributed by atoms with Gasteiger partial charge in [0.2, 0.25) is 0 Å². The van der Waals surface area contributed by atoms with Crippen LogP contribution in [0.15, 0.2) is 48.5 Å². The first-order chi connectivity index (χ1) is 9.08. The van der Waals surface area contributed by atoms with E-state index in [4.69, 9.17) is 11.6 Å². The van der Waals surface area contributed by atoms with E-state index >= 15 is 0 Å². The van der Waals surface area contributed by atoms with Crippen LogP contribution >= 0.6 is 11.6 Å². The highest BCUT2D eigenvalue weighted by molar-refractivity contribution is 6.30.